The number of nitrogens with one attached hydrogen (secondary N) is 1. The van der Waals surface area contributed by atoms with Crippen LogP contribution in [0.2, 0.25) is 0 Å². The van der Waals surface area contributed by atoms with Gasteiger partial charge in [0.1, 0.15) is 18.2 Å². The summed E-state index contributed by atoms with van der Waals surface area (Å²) in [5, 5.41) is 15.0. The van der Waals surface area contributed by atoms with Crippen LogP contribution in [0.4, 0.5) is 11.4 Å². The normalized spacial score (nSPS) is 13.3. The lowest BCUT2D eigenvalue weighted by molar-refractivity contribution is -0.658. The lowest BCUT2D eigenvalue weighted by Crippen LogP contribution is -2.48. The van der Waals surface area contributed by atoms with Crippen molar-refractivity contribution in [1.82, 2.24) is 0 Å². The molecule has 3 aliphatic heterocycles. The Morgan fingerprint density at radius 2 is 1.90 bits per heavy atom. The van der Waals surface area contributed by atoms with E-state index in [0.717, 1.165) is 60.3 Å². The van der Waals surface area contributed by atoms with E-state index in [0.29, 0.717) is 33.4 Å². The van der Waals surface area contributed by atoms with Crippen molar-refractivity contribution in [2.75, 3.05) is 29.9 Å². The monoisotopic (exact) mass is 522 g/mol. The predicted octanol–water partition coefficient (Wildman–Crippen LogP) is 5.75. The molecule has 0 saturated carbocycles. The molecule has 0 saturated heterocycles. The van der Waals surface area contributed by atoms with Crippen molar-refractivity contribution in [3.63, 3.8) is 0 Å². The molecular formula is C32H32N3O4+. The highest BCUT2D eigenvalue weighted by Crippen LogP contribution is 2.44. The van der Waals surface area contributed by atoms with Crippen LogP contribution in [0.3, 0.4) is 0 Å². The lowest BCUT2D eigenvalue weighted by atomic mass is 9.89. The van der Waals surface area contributed by atoms with E-state index in [2.05, 4.69) is 29.3 Å². The maximum absolute atomic E-state index is 14.2. The predicted molar refractivity (Wildman–Crippen MR) is 155 cm³/mol. The SMILES string of the molecule is CCNc1cc2oc3c4cc5c(cc4[n+](C)c(=O)c-3c(-c3ccccc3C(=O)O)c2cc1C)N(CC)CCC5. The molecule has 0 aromatic heterocycles. The van der Waals surface area contributed by atoms with Crippen LogP contribution < -0.4 is 20.3 Å². The number of benzene rings is 3. The first kappa shape index (κ1) is 24.9. The summed E-state index contributed by atoms with van der Waals surface area (Å²) >= 11 is 0. The zero-order valence-electron chi connectivity index (χ0n) is 22.7. The maximum Gasteiger partial charge on any atom is 0.424 e. The molecule has 198 valence electrons. The van der Waals surface area contributed by atoms with E-state index in [1.807, 2.05) is 32.0 Å². The summed E-state index contributed by atoms with van der Waals surface area (Å²) in [5.74, 6) is -0.557. The van der Waals surface area contributed by atoms with Gasteiger partial charge in [0, 0.05) is 54.1 Å². The molecule has 3 heterocycles. The molecular weight excluding hydrogens is 490 g/mol. The number of anilines is 2. The highest BCUT2D eigenvalue weighted by atomic mass is 16.4. The molecule has 3 aliphatic rings. The van der Waals surface area contributed by atoms with Crippen LogP contribution in [-0.4, -0.2) is 30.7 Å². The maximum atomic E-state index is 14.2. The summed E-state index contributed by atoms with van der Waals surface area (Å²) in [6.45, 7) is 8.83. The van der Waals surface area contributed by atoms with Gasteiger partial charge in [0.15, 0.2) is 5.76 Å². The van der Waals surface area contributed by atoms with Gasteiger partial charge in [-0.15, -0.1) is 0 Å². The second-order valence-corrected chi connectivity index (χ2v) is 10.3. The lowest BCUT2D eigenvalue weighted by Gasteiger charge is -2.30. The second-order valence-electron chi connectivity index (χ2n) is 10.3. The van der Waals surface area contributed by atoms with Crippen LogP contribution in [-0.2, 0) is 13.5 Å². The number of carbonyl (C=O) groups is 1. The second kappa shape index (κ2) is 9.42. The molecule has 7 nitrogen and oxygen atoms in total. The number of fused-ring (bicyclic) bond motifs is 5. The number of hydrogen-bond acceptors (Lipinski definition) is 5. The number of aromatic carboxylic acids is 1. The Morgan fingerprint density at radius 1 is 1.10 bits per heavy atom. The van der Waals surface area contributed by atoms with Gasteiger partial charge in [0.2, 0.25) is 5.52 Å². The fourth-order valence-electron chi connectivity index (χ4n) is 6.08. The van der Waals surface area contributed by atoms with E-state index in [9.17, 15) is 14.7 Å². The molecule has 6 rings (SSSR count). The summed E-state index contributed by atoms with van der Waals surface area (Å²) in [7, 11) is 1.78. The number of nitrogens with zero attached hydrogens (tertiary/aromatic N) is 2. The van der Waals surface area contributed by atoms with Gasteiger partial charge >= 0.3 is 11.5 Å². The van der Waals surface area contributed by atoms with E-state index >= 15 is 0 Å². The quantitative estimate of drug-likeness (QED) is 0.174. The minimum Gasteiger partial charge on any atom is -0.478 e. The molecule has 0 unspecified atom stereocenters. The summed E-state index contributed by atoms with van der Waals surface area (Å²) in [6, 6.07) is 15.1. The summed E-state index contributed by atoms with van der Waals surface area (Å²) in [4.78, 5) is 28.9. The van der Waals surface area contributed by atoms with E-state index in [4.69, 9.17) is 4.42 Å². The van der Waals surface area contributed by atoms with E-state index in [1.165, 1.54) is 5.56 Å². The topological polar surface area (TPSA) is 86.7 Å². The van der Waals surface area contributed by atoms with Crippen LogP contribution >= 0.6 is 0 Å². The number of rotatable bonds is 5. The third kappa shape index (κ3) is 3.83. The average Bonchev–Trinajstić information content (AvgIpc) is 2.94. The van der Waals surface area contributed by atoms with Crippen LogP contribution in [0.15, 0.2) is 57.7 Å². The van der Waals surface area contributed by atoms with Crippen LogP contribution in [0.5, 0.6) is 0 Å². The largest absolute Gasteiger partial charge is 0.478 e. The Morgan fingerprint density at radius 3 is 2.64 bits per heavy atom. The van der Waals surface area contributed by atoms with Gasteiger partial charge in [-0.05, 0) is 68.5 Å². The first-order chi connectivity index (χ1) is 18.8. The van der Waals surface area contributed by atoms with Crippen molar-refractivity contribution in [1.29, 1.82) is 0 Å². The van der Waals surface area contributed by atoms with Gasteiger partial charge in [-0.3, -0.25) is 0 Å². The number of hydrogen-bond donors (Lipinski definition) is 2. The average molecular weight is 523 g/mol. The molecule has 2 N–H and O–H groups in total. The van der Waals surface area contributed by atoms with Gasteiger partial charge < -0.3 is 19.7 Å². The van der Waals surface area contributed by atoms with Crippen molar-refractivity contribution >= 4 is 39.2 Å². The van der Waals surface area contributed by atoms with Crippen molar-refractivity contribution in [2.24, 2.45) is 7.05 Å². The molecule has 0 bridgehead atoms. The molecule has 7 heteroatoms. The van der Waals surface area contributed by atoms with Crippen LogP contribution in [0.25, 0.3) is 44.3 Å². The first-order valence-electron chi connectivity index (χ1n) is 13.5. The third-order valence-electron chi connectivity index (χ3n) is 8.00. The van der Waals surface area contributed by atoms with Crippen LogP contribution in [0, 0.1) is 6.92 Å². The molecule has 3 aromatic carbocycles. The van der Waals surface area contributed by atoms with E-state index in [-0.39, 0.29) is 11.1 Å². The third-order valence-corrected chi connectivity index (χ3v) is 8.00. The molecule has 0 atom stereocenters. The number of carboxylic acids is 1. The Balaban J connectivity index is 1.83. The van der Waals surface area contributed by atoms with Crippen molar-refractivity contribution in [3.8, 4) is 22.5 Å². The van der Waals surface area contributed by atoms with Gasteiger partial charge in [-0.1, -0.05) is 18.2 Å². The highest BCUT2D eigenvalue weighted by Gasteiger charge is 2.33. The zero-order valence-corrected chi connectivity index (χ0v) is 22.7. The van der Waals surface area contributed by atoms with Gasteiger partial charge in [0.05, 0.1) is 10.9 Å². The smallest absolute Gasteiger partial charge is 0.424 e. The van der Waals surface area contributed by atoms with E-state index < -0.39 is 5.97 Å². The molecule has 0 aliphatic carbocycles. The Kier molecular flexibility index (Phi) is 6.02. The Bertz CT molecular complexity index is 1820. The molecule has 0 spiro atoms. The van der Waals surface area contributed by atoms with E-state index in [1.54, 1.807) is 29.8 Å². The molecule has 0 radical (unpaired) electrons. The van der Waals surface area contributed by atoms with Crippen LogP contribution in [0.1, 0.15) is 41.8 Å². The summed E-state index contributed by atoms with van der Waals surface area (Å²) < 4.78 is 8.30. The standard InChI is InChI=1S/C32H31N3O4/c1-5-33-24-16-27-23(14-18(24)3)28(20-11-7-8-12-21(20)32(37)38)29-30(39-27)22-15-19-10-9-13-35(6-2)25(19)17-26(22)34(4)31(29)36/h7-8,11-12,14-17H,5-6,9-10,13H2,1-4H3,(H,37,38)/p+1. The van der Waals surface area contributed by atoms with Crippen molar-refractivity contribution < 1.29 is 18.9 Å². The zero-order chi connectivity index (χ0) is 27.4. The fraction of sp³-hybridized carbons (Fsp3) is 0.281. The number of carboxylic acid groups (broad SMARTS) is 1. The number of aromatic nitrogens is 1. The first-order valence-corrected chi connectivity index (χ1v) is 13.5. The Hall–Kier alpha value is -4.39. The summed E-state index contributed by atoms with van der Waals surface area (Å²) in [6.07, 6.45) is 2.02. The molecule has 3 aromatic rings. The van der Waals surface area contributed by atoms with Gasteiger partial charge in [0.25, 0.3) is 0 Å². The summed E-state index contributed by atoms with van der Waals surface area (Å²) in [5.41, 5.74) is 7.12. The number of aryl methyl sites for hydroxylation is 3. The minimum atomic E-state index is -1.04. The molecule has 0 fully saturated rings. The minimum absolute atomic E-state index is 0.144. The van der Waals surface area contributed by atoms with Crippen molar-refractivity contribution in [3.05, 3.63) is 75.6 Å². The molecule has 39 heavy (non-hydrogen) atoms. The molecule has 0 amide bonds. The van der Waals surface area contributed by atoms with Gasteiger partial charge in [-0.25, -0.2) is 9.59 Å². The number of pyridine rings is 1. The highest BCUT2D eigenvalue weighted by molar-refractivity contribution is 6.10. The Labute approximate surface area is 226 Å². The van der Waals surface area contributed by atoms with Gasteiger partial charge in [-0.2, -0.15) is 4.57 Å². The van der Waals surface area contributed by atoms with Crippen molar-refractivity contribution in [2.45, 2.75) is 33.6 Å². The fourth-order valence-corrected chi connectivity index (χ4v) is 6.08.